The normalized spacial score (nSPS) is 37.0. The van der Waals surface area contributed by atoms with Gasteiger partial charge in [-0.05, 0) is 57.7 Å². The molecule has 2 aliphatic rings. The van der Waals surface area contributed by atoms with Gasteiger partial charge in [0.05, 0.1) is 0 Å². The highest BCUT2D eigenvalue weighted by Gasteiger charge is 2.32. The van der Waals surface area contributed by atoms with E-state index in [0.29, 0.717) is 5.41 Å². The van der Waals surface area contributed by atoms with E-state index < -0.39 is 0 Å². The molecule has 1 N–H and O–H groups in total. The van der Waals surface area contributed by atoms with Crippen molar-refractivity contribution in [2.75, 3.05) is 20.1 Å². The molecule has 1 aliphatic carbocycles. The van der Waals surface area contributed by atoms with Crippen molar-refractivity contribution in [2.45, 2.75) is 58.0 Å². The summed E-state index contributed by atoms with van der Waals surface area (Å²) in [5.74, 6) is 0. The van der Waals surface area contributed by atoms with Crippen molar-refractivity contribution in [3.8, 4) is 0 Å². The molecule has 15 heavy (non-hydrogen) atoms. The molecule has 2 atom stereocenters. The van der Waals surface area contributed by atoms with Gasteiger partial charge in [0.1, 0.15) is 0 Å². The average Bonchev–Trinajstić information content (AvgIpc) is 2.66. The van der Waals surface area contributed by atoms with E-state index in [4.69, 9.17) is 0 Å². The van der Waals surface area contributed by atoms with E-state index in [-0.39, 0.29) is 0 Å². The summed E-state index contributed by atoms with van der Waals surface area (Å²) in [6.07, 6.45) is 6.92. The van der Waals surface area contributed by atoms with Crippen molar-refractivity contribution >= 4 is 0 Å². The molecule has 2 rings (SSSR count). The molecule has 1 saturated heterocycles. The lowest BCUT2D eigenvalue weighted by Crippen LogP contribution is -2.43. The van der Waals surface area contributed by atoms with E-state index in [0.717, 1.165) is 12.1 Å². The topological polar surface area (TPSA) is 15.3 Å². The molecule has 0 spiro atoms. The zero-order chi connectivity index (χ0) is 10.9. The Labute approximate surface area is 94.4 Å². The minimum Gasteiger partial charge on any atom is -0.317 e. The van der Waals surface area contributed by atoms with Gasteiger partial charge in [-0.3, -0.25) is 0 Å². The number of hydrogen-bond donors (Lipinski definition) is 1. The van der Waals surface area contributed by atoms with Crippen LogP contribution in [0.2, 0.25) is 0 Å². The lowest BCUT2D eigenvalue weighted by Gasteiger charge is -2.40. The van der Waals surface area contributed by atoms with Crippen molar-refractivity contribution in [2.24, 2.45) is 5.41 Å². The standard InChI is InChI=1S/C13H26N2/c1-13(2)6-8-15(9-7-13)12-5-4-11(10-12)14-3/h11-12,14H,4-10H2,1-3H3. The second kappa shape index (κ2) is 4.42. The van der Waals surface area contributed by atoms with E-state index in [2.05, 4.69) is 31.1 Å². The third kappa shape index (κ3) is 2.73. The van der Waals surface area contributed by atoms with E-state index in [1.807, 2.05) is 0 Å². The number of hydrogen-bond acceptors (Lipinski definition) is 2. The molecular formula is C13H26N2. The first-order valence-electron chi connectivity index (χ1n) is 6.52. The summed E-state index contributed by atoms with van der Waals surface area (Å²) in [4.78, 5) is 2.74. The Kier molecular flexibility index (Phi) is 3.36. The van der Waals surface area contributed by atoms with Crippen LogP contribution in [-0.4, -0.2) is 37.1 Å². The molecule has 1 saturated carbocycles. The summed E-state index contributed by atoms with van der Waals surface area (Å²) in [6.45, 7) is 7.48. The number of piperidine rings is 1. The van der Waals surface area contributed by atoms with Gasteiger partial charge in [-0.15, -0.1) is 0 Å². The van der Waals surface area contributed by atoms with Gasteiger partial charge in [-0.25, -0.2) is 0 Å². The molecule has 88 valence electrons. The fourth-order valence-electron chi connectivity index (χ4n) is 3.05. The lowest BCUT2D eigenvalue weighted by molar-refractivity contribution is 0.0950. The van der Waals surface area contributed by atoms with Gasteiger partial charge in [0.2, 0.25) is 0 Å². The predicted molar refractivity (Wildman–Crippen MR) is 65.1 cm³/mol. The molecule has 2 unspecified atom stereocenters. The molecule has 0 aromatic rings. The second-order valence-electron chi connectivity index (χ2n) is 6.15. The van der Waals surface area contributed by atoms with Crippen LogP contribution in [0.4, 0.5) is 0 Å². The van der Waals surface area contributed by atoms with E-state index >= 15 is 0 Å². The molecule has 2 fully saturated rings. The third-order valence-electron chi connectivity index (χ3n) is 4.48. The molecule has 0 amide bonds. The first-order valence-corrected chi connectivity index (χ1v) is 6.52. The van der Waals surface area contributed by atoms with Crippen molar-refractivity contribution in [3.05, 3.63) is 0 Å². The minimum absolute atomic E-state index is 0.595. The van der Waals surface area contributed by atoms with E-state index in [1.54, 1.807) is 0 Å². The summed E-state index contributed by atoms with van der Waals surface area (Å²) >= 11 is 0. The molecule has 2 heteroatoms. The molecule has 0 radical (unpaired) electrons. The maximum Gasteiger partial charge on any atom is 0.0111 e. The highest BCUT2D eigenvalue weighted by Crippen LogP contribution is 2.33. The maximum atomic E-state index is 3.42. The van der Waals surface area contributed by atoms with Crippen LogP contribution in [0.5, 0.6) is 0 Å². The van der Waals surface area contributed by atoms with Gasteiger partial charge < -0.3 is 10.2 Å². The Hall–Kier alpha value is -0.0800. The Morgan fingerprint density at radius 2 is 1.80 bits per heavy atom. The molecule has 1 heterocycles. The molecule has 0 aromatic heterocycles. The predicted octanol–water partition coefficient (Wildman–Crippen LogP) is 2.25. The number of likely N-dealkylation sites (tertiary alicyclic amines) is 1. The van der Waals surface area contributed by atoms with Gasteiger partial charge in [-0.2, -0.15) is 0 Å². The van der Waals surface area contributed by atoms with E-state index in [1.165, 1.54) is 45.2 Å². The van der Waals surface area contributed by atoms with Crippen LogP contribution < -0.4 is 5.32 Å². The third-order valence-corrected chi connectivity index (χ3v) is 4.48. The Morgan fingerprint density at radius 3 is 2.33 bits per heavy atom. The number of nitrogens with zero attached hydrogens (tertiary/aromatic N) is 1. The van der Waals surface area contributed by atoms with Gasteiger partial charge in [0.25, 0.3) is 0 Å². The quantitative estimate of drug-likeness (QED) is 0.752. The summed E-state index contributed by atoms with van der Waals surface area (Å²) in [7, 11) is 2.10. The van der Waals surface area contributed by atoms with Gasteiger partial charge in [0, 0.05) is 12.1 Å². The zero-order valence-corrected chi connectivity index (χ0v) is 10.6. The van der Waals surface area contributed by atoms with Crippen molar-refractivity contribution in [3.63, 3.8) is 0 Å². The lowest BCUT2D eigenvalue weighted by atomic mass is 9.82. The highest BCUT2D eigenvalue weighted by molar-refractivity contribution is 4.89. The summed E-state index contributed by atoms with van der Waals surface area (Å²) in [6, 6.07) is 1.66. The first kappa shape index (κ1) is 11.4. The minimum atomic E-state index is 0.595. The van der Waals surface area contributed by atoms with Crippen LogP contribution in [0.25, 0.3) is 0 Å². The fraction of sp³-hybridized carbons (Fsp3) is 1.00. The van der Waals surface area contributed by atoms with Crippen LogP contribution >= 0.6 is 0 Å². The molecular weight excluding hydrogens is 184 g/mol. The van der Waals surface area contributed by atoms with Crippen LogP contribution in [0.1, 0.15) is 46.0 Å². The fourth-order valence-corrected chi connectivity index (χ4v) is 3.05. The summed E-state index contributed by atoms with van der Waals surface area (Å²) < 4.78 is 0. The van der Waals surface area contributed by atoms with Gasteiger partial charge in [-0.1, -0.05) is 13.8 Å². The Bertz CT molecular complexity index is 203. The van der Waals surface area contributed by atoms with Crippen LogP contribution in [-0.2, 0) is 0 Å². The molecule has 0 aromatic carbocycles. The van der Waals surface area contributed by atoms with Crippen LogP contribution in [0.15, 0.2) is 0 Å². The van der Waals surface area contributed by atoms with Gasteiger partial charge >= 0.3 is 0 Å². The molecule has 0 bridgehead atoms. The Balaban J connectivity index is 1.81. The zero-order valence-electron chi connectivity index (χ0n) is 10.6. The number of nitrogens with one attached hydrogen (secondary N) is 1. The monoisotopic (exact) mass is 210 g/mol. The largest absolute Gasteiger partial charge is 0.317 e. The van der Waals surface area contributed by atoms with E-state index in [9.17, 15) is 0 Å². The van der Waals surface area contributed by atoms with Crippen molar-refractivity contribution in [1.82, 2.24) is 10.2 Å². The van der Waals surface area contributed by atoms with Gasteiger partial charge in [0.15, 0.2) is 0 Å². The summed E-state index contributed by atoms with van der Waals surface area (Å²) in [5, 5.41) is 3.42. The second-order valence-corrected chi connectivity index (χ2v) is 6.15. The average molecular weight is 210 g/mol. The van der Waals surface area contributed by atoms with Crippen LogP contribution in [0.3, 0.4) is 0 Å². The Morgan fingerprint density at radius 1 is 1.13 bits per heavy atom. The van der Waals surface area contributed by atoms with Crippen LogP contribution in [0, 0.1) is 5.41 Å². The smallest absolute Gasteiger partial charge is 0.0111 e. The van der Waals surface area contributed by atoms with Crippen molar-refractivity contribution < 1.29 is 0 Å². The maximum absolute atomic E-state index is 3.42. The molecule has 1 aliphatic heterocycles. The highest BCUT2D eigenvalue weighted by atomic mass is 15.2. The molecule has 2 nitrogen and oxygen atoms in total. The SMILES string of the molecule is CNC1CCC(N2CCC(C)(C)CC2)C1. The van der Waals surface area contributed by atoms with Crippen molar-refractivity contribution in [1.29, 1.82) is 0 Å². The first-order chi connectivity index (χ1) is 7.11. The summed E-state index contributed by atoms with van der Waals surface area (Å²) in [5.41, 5.74) is 0.595. The number of rotatable bonds is 2.